The zero-order chi connectivity index (χ0) is 12.3. The second-order valence-corrected chi connectivity index (χ2v) is 5.39. The van der Waals surface area contributed by atoms with Crippen molar-refractivity contribution in [3.8, 4) is 0 Å². The molecule has 2 rings (SSSR count). The Bertz CT molecular complexity index is 496. The van der Waals surface area contributed by atoms with Gasteiger partial charge in [0.15, 0.2) is 0 Å². The molecule has 0 bridgehead atoms. The molecule has 0 spiro atoms. The normalized spacial score (nSPS) is 12.6. The standard InChI is InChI=1S/C13H15ClN2S/c1-9-8-17-13(16-9)6-10(7-15)11-4-2-3-5-12(11)14/h2-5,8,10H,6-7,15H2,1H3. The minimum Gasteiger partial charge on any atom is -0.330 e. The molecule has 1 aromatic carbocycles. The van der Waals surface area contributed by atoms with Crippen LogP contribution >= 0.6 is 22.9 Å². The summed E-state index contributed by atoms with van der Waals surface area (Å²) in [5.74, 6) is 0.245. The van der Waals surface area contributed by atoms with Gasteiger partial charge in [-0.05, 0) is 25.1 Å². The molecule has 2 aromatic rings. The van der Waals surface area contributed by atoms with E-state index >= 15 is 0 Å². The summed E-state index contributed by atoms with van der Waals surface area (Å²) in [6.45, 7) is 2.59. The van der Waals surface area contributed by atoms with E-state index in [0.29, 0.717) is 6.54 Å². The maximum Gasteiger partial charge on any atom is 0.0934 e. The van der Waals surface area contributed by atoms with E-state index in [2.05, 4.69) is 10.4 Å². The topological polar surface area (TPSA) is 38.9 Å². The summed E-state index contributed by atoms with van der Waals surface area (Å²) in [4.78, 5) is 4.47. The molecular formula is C13H15ClN2S. The maximum absolute atomic E-state index is 6.20. The molecular weight excluding hydrogens is 252 g/mol. The molecule has 90 valence electrons. The summed E-state index contributed by atoms with van der Waals surface area (Å²) in [7, 11) is 0. The fourth-order valence-electron chi connectivity index (χ4n) is 1.83. The van der Waals surface area contributed by atoms with Crippen molar-refractivity contribution >= 4 is 22.9 Å². The SMILES string of the molecule is Cc1csc(CC(CN)c2ccccc2Cl)n1. The maximum atomic E-state index is 6.20. The zero-order valence-electron chi connectivity index (χ0n) is 9.69. The van der Waals surface area contributed by atoms with Gasteiger partial charge in [0.1, 0.15) is 0 Å². The molecule has 0 amide bonds. The van der Waals surface area contributed by atoms with Gasteiger partial charge in [-0.3, -0.25) is 0 Å². The fourth-order valence-corrected chi connectivity index (χ4v) is 2.98. The third-order valence-electron chi connectivity index (χ3n) is 2.72. The number of halogens is 1. The third-order valence-corrected chi connectivity index (χ3v) is 4.05. The predicted octanol–water partition coefficient (Wildman–Crippen LogP) is 3.39. The first-order valence-corrected chi connectivity index (χ1v) is 6.82. The molecule has 0 aliphatic rings. The summed E-state index contributed by atoms with van der Waals surface area (Å²) in [5.41, 5.74) is 8.03. The number of benzene rings is 1. The first kappa shape index (κ1) is 12.6. The molecule has 1 unspecified atom stereocenters. The monoisotopic (exact) mass is 266 g/mol. The van der Waals surface area contributed by atoms with Crippen molar-refractivity contribution < 1.29 is 0 Å². The van der Waals surface area contributed by atoms with Crippen LogP contribution in [0.5, 0.6) is 0 Å². The number of rotatable bonds is 4. The Labute approximate surface area is 110 Å². The van der Waals surface area contributed by atoms with E-state index in [1.165, 1.54) is 0 Å². The average Bonchev–Trinajstić information content (AvgIpc) is 2.73. The van der Waals surface area contributed by atoms with Crippen molar-refractivity contribution in [2.24, 2.45) is 5.73 Å². The number of thiazole rings is 1. The Morgan fingerprint density at radius 1 is 1.41 bits per heavy atom. The first-order chi connectivity index (χ1) is 8.20. The van der Waals surface area contributed by atoms with Crippen LogP contribution in [-0.4, -0.2) is 11.5 Å². The molecule has 0 saturated heterocycles. The molecule has 0 saturated carbocycles. The van der Waals surface area contributed by atoms with Crippen LogP contribution in [0.2, 0.25) is 5.02 Å². The number of hydrogen-bond acceptors (Lipinski definition) is 3. The third kappa shape index (κ3) is 3.06. The number of nitrogens with zero attached hydrogens (tertiary/aromatic N) is 1. The number of aromatic nitrogens is 1. The fraction of sp³-hybridized carbons (Fsp3) is 0.308. The van der Waals surface area contributed by atoms with E-state index in [-0.39, 0.29) is 5.92 Å². The van der Waals surface area contributed by atoms with Gasteiger partial charge in [0.2, 0.25) is 0 Å². The Kier molecular flexibility index (Phi) is 4.15. The van der Waals surface area contributed by atoms with Crippen molar-refractivity contribution in [3.05, 3.63) is 50.9 Å². The van der Waals surface area contributed by atoms with Gasteiger partial charge in [-0.1, -0.05) is 29.8 Å². The highest BCUT2D eigenvalue weighted by molar-refractivity contribution is 7.09. The van der Waals surface area contributed by atoms with Crippen LogP contribution in [0.1, 0.15) is 22.2 Å². The average molecular weight is 267 g/mol. The molecule has 0 radical (unpaired) electrons. The largest absolute Gasteiger partial charge is 0.330 e. The second kappa shape index (κ2) is 5.63. The lowest BCUT2D eigenvalue weighted by atomic mass is 9.96. The van der Waals surface area contributed by atoms with Crippen LogP contribution in [0.15, 0.2) is 29.6 Å². The van der Waals surface area contributed by atoms with E-state index in [9.17, 15) is 0 Å². The second-order valence-electron chi connectivity index (χ2n) is 4.04. The molecule has 0 aliphatic carbocycles. The van der Waals surface area contributed by atoms with Gasteiger partial charge >= 0.3 is 0 Å². The van der Waals surface area contributed by atoms with Crippen LogP contribution in [0.25, 0.3) is 0 Å². The molecule has 4 heteroatoms. The van der Waals surface area contributed by atoms with Crippen molar-refractivity contribution in [1.82, 2.24) is 4.98 Å². The number of aryl methyl sites for hydroxylation is 1. The molecule has 1 aromatic heterocycles. The Morgan fingerprint density at radius 3 is 2.76 bits per heavy atom. The predicted molar refractivity (Wildman–Crippen MR) is 73.8 cm³/mol. The lowest BCUT2D eigenvalue weighted by Crippen LogP contribution is -2.15. The van der Waals surface area contributed by atoms with Crippen molar-refractivity contribution in [2.75, 3.05) is 6.54 Å². The summed E-state index contributed by atoms with van der Waals surface area (Å²) < 4.78 is 0. The van der Waals surface area contributed by atoms with Crippen LogP contribution in [-0.2, 0) is 6.42 Å². The Balaban J connectivity index is 2.20. The molecule has 0 aliphatic heterocycles. The van der Waals surface area contributed by atoms with Gasteiger partial charge in [-0.2, -0.15) is 0 Å². The molecule has 0 fully saturated rings. The zero-order valence-corrected chi connectivity index (χ0v) is 11.3. The van der Waals surface area contributed by atoms with Crippen molar-refractivity contribution in [2.45, 2.75) is 19.3 Å². The summed E-state index contributed by atoms with van der Waals surface area (Å²) in [5, 5.41) is 3.98. The molecule has 1 atom stereocenters. The highest BCUT2D eigenvalue weighted by atomic mass is 35.5. The van der Waals surface area contributed by atoms with Gasteiger partial charge in [0.05, 0.1) is 5.01 Å². The lowest BCUT2D eigenvalue weighted by Gasteiger charge is -2.15. The molecule has 1 heterocycles. The molecule has 2 nitrogen and oxygen atoms in total. The minimum absolute atomic E-state index is 0.245. The van der Waals surface area contributed by atoms with Crippen LogP contribution in [0, 0.1) is 6.92 Å². The highest BCUT2D eigenvalue weighted by Gasteiger charge is 2.15. The highest BCUT2D eigenvalue weighted by Crippen LogP contribution is 2.27. The van der Waals surface area contributed by atoms with Crippen molar-refractivity contribution in [3.63, 3.8) is 0 Å². The summed E-state index contributed by atoms with van der Waals surface area (Å²) >= 11 is 7.88. The van der Waals surface area contributed by atoms with Gasteiger partial charge < -0.3 is 5.73 Å². The van der Waals surface area contributed by atoms with Gasteiger partial charge in [-0.25, -0.2) is 4.98 Å². The summed E-state index contributed by atoms with van der Waals surface area (Å²) in [6, 6.07) is 7.89. The van der Waals surface area contributed by atoms with E-state index in [0.717, 1.165) is 27.7 Å². The number of hydrogen-bond donors (Lipinski definition) is 1. The van der Waals surface area contributed by atoms with Gasteiger partial charge in [0.25, 0.3) is 0 Å². The van der Waals surface area contributed by atoms with E-state index in [4.69, 9.17) is 17.3 Å². The van der Waals surface area contributed by atoms with E-state index < -0.39 is 0 Å². The van der Waals surface area contributed by atoms with Crippen LogP contribution in [0.4, 0.5) is 0 Å². The smallest absolute Gasteiger partial charge is 0.0934 e. The van der Waals surface area contributed by atoms with Gasteiger partial charge in [-0.15, -0.1) is 11.3 Å². The van der Waals surface area contributed by atoms with Crippen molar-refractivity contribution in [1.29, 1.82) is 0 Å². The van der Waals surface area contributed by atoms with E-state index in [1.54, 1.807) is 11.3 Å². The number of nitrogens with two attached hydrogens (primary N) is 1. The first-order valence-electron chi connectivity index (χ1n) is 5.56. The molecule has 17 heavy (non-hydrogen) atoms. The van der Waals surface area contributed by atoms with Gasteiger partial charge in [0, 0.05) is 28.4 Å². The Hall–Kier alpha value is -0.900. The lowest BCUT2D eigenvalue weighted by molar-refractivity contribution is 0.690. The minimum atomic E-state index is 0.245. The Morgan fingerprint density at radius 2 is 2.18 bits per heavy atom. The van der Waals surface area contributed by atoms with Crippen LogP contribution in [0.3, 0.4) is 0 Å². The summed E-state index contributed by atoms with van der Waals surface area (Å²) in [6.07, 6.45) is 0.860. The van der Waals surface area contributed by atoms with E-state index in [1.807, 2.05) is 31.2 Å². The molecule has 2 N–H and O–H groups in total. The quantitative estimate of drug-likeness (QED) is 0.921. The van der Waals surface area contributed by atoms with Crippen LogP contribution < -0.4 is 5.73 Å².